The van der Waals surface area contributed by atoms with E-state index in [1.165, 1.54) is 21.8 Å². The minimum absolute atomic E-state index is 0.119. The number of hydrogen-bond donors (Lipinski definition) is 1. The normalized spacial score (nSPS) is 13.4. The number of nitrogens with one attached hydrogen (secondary N) is 1. The zero-order valence-corrected chi connectivity index (χ0v) is 19.8. The summed E-state index contributed by atoms with van der Waals surface area (Å²) in [7, 11) is 0. The van der Waals surface area contributed by atoms with Crippen LogP contribution in [0, 0.1) is 6.92 Å². The number of carbonyl (C=O) groups excluding carboxylic acids is 1. The van der Waals surface area contributed by atoms with Gasteiger partial charge in [0.25, 0.3) is 11.5 Å². The number of rotatable bonds is 6. The Morgan fingerprint density at radius 1 is 1.03 bits per heavy atom. The molecule has 0 spiro atoms. The molecule has 1 N–H and O–H groups in total. The van der Waals surface area contributed by atoms with Crippen LogP contribution in [0.5, 0.6) is 0 Å². The second kappa shape index (κ2) is 9.75. The van der Waals surface area contributed by atoms with Crippen LogP contribution in [0.15, 0.2) is 77.7 Å². The average Bonchev–Trinajstić information content (AvgIpc) is 3.22. The van der Waals surface area contributed by atoms with Crippen LogP contribution in [0.2, 0.25) is 0 Å². The number of thiazole rings is 1. The molecule has 0 unspecified atom stereocenters. The minimum Gasteiger partial charge on any atom is -0.310 e. The third kappa shape index (κ3) is 5.00. The third-order valence-corrected chi connectivity index (χ3v) is 6.98. The highest BCUT2D eigenvalue weighted by Crippen LogP contribution is 2.29. The van der Waals surface area contributed by atoms with Gasteiger partial charge in [0.05, 0.1) is 12.2 Å². The van der Waals surface area contributed by atoms with E-state index in [1.54, 1.807) is 22.9 Å². The first-order valence-electron chi connectivity index (χ1n) is 11.4. The number of aryl methyl sites for hydroxylation is 1. The van der Waals surface area contributed by atoms with Crippen LogP contribution in [-0.4, -0.2) is 26.9 Å². The molecular formula is C27H26N4O2S. The molecule has 2 aromatic carbocycles. The van der Waals surface area contributed by atoms with E-state index < -0.39 is 5.91 Å². The maximum atomic E-state index is 13.0. The van der Waals surface area contributed by atoms with Gasteiger partial charge in [0.2, 0.25) is 0 Å². The van der Waals surface area contributed by atoms with Gasteiger partial charge >= 0.3 is 0 Å². The largest absolute Gasteiger partial charge is 0.310 e. The smallest absolute Gasteiger partial charge is 0.263 e. The molecule has 0 atom stereocenters. The van der Waals surface area contributed by atoms with Crippen molar-refractivity contribution in [1.82, 2.24) is 14.5 Å². The summed E-state index contributed by atoms with van der Waals surface area (Å²) in [5.74, 6) is -0.421. The fourth-order valence-corrected chi connectivity index (χ4v) is 5.33. The third-order valence-electron chi connectivity index (χ3n) is 5.98. The second-order valence-corrected chi connectivity index (χ2v) is 9.72. The maximum absolute atomic E-state index is 13.0. The number of amides is 1. The molecule has 0 saturated heterocycles. The number of fused-ring (bicyclic) bond motifs is 1. The van der Waals surface area contributed by atoms with Gasteiger partial charge < -0.3 is 4.57 Å². The number of pyridine rings is 1. The fraction of sp³-hybridized carbons (Fsp3) is 0.222. The predicted octanol–water partition coefficient (Wildman–Crippen LogP) is 4.47. The maximum Gasteiger partial charge on any atom is 0.263 e. The van der Waals surface area contributed by atoms with E-state index in [2.05, 4.69) is 39.5 Å². The Morgan fingerprint density at radius 2 is 1.85 bits per heavy atom. The Kier molecular flexibility index (Phi) is 6.38. The van der Waals surface area contributed by atoms with Crippen molar-refractivity contribution in [2.45, 2.75) is 33.0 Å². The first-order valence-corrected chi connectivity index (χ1v) is 12.2. The van der Waals surface area contributed by atoms with Gasteiger partial charge in [-0.3, -0.25) is 19.8 Å². The van der Waals surface area contributed by atoms with Crippen molar-refractivity contribution in [3.05, 3.63) is 116 Å². The Labute approximate surface area is 202 Å². The lowest BCUT2D eigenvalue weighted by molar-refractivity contribution is 0.102. The Hall–Kier alpha value is -3.55. The molecule has 0 aliphatic carbocycles. The van der Waals surface area contributed by atoms with Crippen LogP contribution >= 0.6 is 11.3 Å². The molecule has 3 heterocycles. The van der Waals surface area contributed by atoms with E-state index in [-0.39, 0.29) is 11.1 Å². The predicted molar refractivity (Wildman–Crippen MR) is 135 cm³/mol. The van der Waals surface area contributed by atoms with E-state index in [1.807, 2.05) is 37.3 Å². The van der Waals surface area contributed by atoms with Crippen molar-refractivity contribution < 1.29 is 4.79 Å². The molecule has 1 aliphatic heterocycles. The molecule has 2 aromatic heterocycles. The number of carbonyl (C=O) groups is 1. The van der Waals surface area contributed by atoms with Crippen LogP contribution < -0.4 is 10.9 Å². The van der Waals surface area contributed by atoms with E-state index >= 15 is 0 Å². The number of hydrogen-bond acceptors (Lipinski definition) is 5. The average molecular weight is 471 g/mol. The van der Waals surface area contributed by atoms with Gasteiger partial charge in [-0.25, -0.2) is 4.98 Å². The molecule has 172 valence electrons. The van der Waals surface area contributed by atoms with Gasteiger partial charge in [-0.05, 0) is 30.2 Å². The van der Waals surface area contributed by atoms with E-state index in [4.69, 9.17) is 0 Å². The highest BCUT2D eigenvalue weighted by Gasteiger charge is 2.22. The first kappa shape index (κ1) is 22.3. The molecule has 1 amide bonds. The minimum atomic E-state index is -0.421. The number of aromatic nitrogens is 2. The molecule has 0 fully saturated rings. The second-order valence-electron chi connectivity index (χ2n) is 8.63. The van der Waals surface area contributed by atoms with Gasteiger partial charge in [0.1, 0.15) is 5.56 Å². The van der Waals surface area contributed by atoms with Gasteiger partial charge in [-0.15, -0.1) is 11.3 Å². The SMILES string of the molecule is Cc1cccc(Cn2cccc(C(=O)Nc3nc4c(s3)CN(Cc3ccccc3)CC4)c2=O)c1. The van der Waals surface area contributed by atoms with Crippen molar-refractivity contribution >= 4 is 22.4 Å². The van der Waals surface area contributed by atoms with Crippen molar-refractivity contribution in [1.29, 1.82) is 0 Å². The van der Waals surface area contributed by atoms with Crippen molar-refractivity contribution in [3.63, 3.8) is 0 Å². The molecular weight excluding hydrogens is 444 g/mol. The van der Waals surface area contributed by atoms with Crippen molar-refractivity contribution in [3.8, 4) is 0 Å². The van der Waals surface area contributed by atoms with Crippen LogP contribution in [-0.2, 0) is 26.1 Å². The van der Waals surface area contributed by atoms with Crippen LogP contribution in [0.3, 0.4) is 0 Å². The summed E-state index contributed by atoms with van der Waals surface area (Å²) in [6.45, 7) is 5.08. The summed E-state index contributed by atoms with van der Waals surface area (Å²) in [5.41, 5.74) is 4.29. The lowest BCUT2D eigenvalue weighted by atomic mass is 10.1. The fourth-order valence-electron chi connectivity index (χ4n) is 4.28. The summed E-state index contributed by atoms with van der Waals surface area (Å²) in [4.78, 5) is 34.1. The molecule has 7 heteroatoms. The molecule has 1 aliphatic rings. The lowest BCUT2D eigenvalue weighted by Crippen LogP contribution is -2.29. The van der Waals surface area contributed by atoms with Gasteiger partial charge in [-0.2, -0.15) is 0 Å². The number of anilines is 1. The lowest BCUT2D eigenvalue weighted by Gasteiger charge is -2.25. The summed E-state index contributed by atoms with van der Waals surface area (Å²) < 4.78 is 1.57. The zero-order valence-electron chi connectivity index (χ0n) is 19.0. The topological polar surface area (TPSA) is 67.2 Å². The zero-order chi connectivity index (χ0) is 23.5. The van der Waals surface area contributed by atoms with E-state index in [0.29, 0.717) is 11.7 Å². The Morgan fingerprint density at radius 3 is 2.68 bits per heavy atom. The molecule has 34 heavy (non-hydrogen) atoms. The molecule has 0 radical (unpaired) electrons. The van der Waals surface area contributed by atoms with Crippen LogP contribution in [0.25, 0.3) is 0 Å². The summed E-state index contributed by atoms with van der Waals surface area (Å²) in [5, 5.41) is 3.40. The molecule has 5 rings (SSSR count). The van der Waals surface area contributed by atoms with Gasteiger partial charge in [0, 0.05) is 37.1 Å². The summed E-state index contributed by atoms with van der Waals surface area (Å²) in [6.07, 6.45) is 2.56. The van der Waals surface area contributed by atoms with Crippen molar-refractivity contribution in [2.24, 2.45) is 0 Å². The van der Waals surface area contributed by atoms with Gasteiger partial charge in [-0.1, -0.05) is 60.2 Å². The highest BCUT2D eigenvalue weighted by atomic mass is 32.1. The highest BCUT2D eigenvalue weighted by molar-refractivity contribution is 7.15. The Balaban J connectivity index is 1.28. The molecule has 6 nitrogen and oxygen atoms in total. The summed E-state index contributed by atoms with van der Waals surface area (Å²) >= 11 is 1.49. The van der Waals surface area contributed by atoms with Gasteiger partial charge in [0.15, 0.2) is 5.13 Å². The molecule has 0 bridgehead atoms. The monoisotopic (exact) mass is 470 g/mol. The van der Waals surface area contributed by atoms with Crippen molar-refractivity contribution in [2.75, 3.05) is 11.9 Å². The molecule has 0 saturated carbocycles. The number of benzene rings is 2. The van der Waals surface area contributed by atoms with Crippen LogP contribution in [0.4, 0.5) is 5.13 Å². The first-order chi connectivity index (χ1) is 16.5. The quantitative estimate of drug-likeness (QED) is 0.451. The standard InChI is InChI=1S/C27H26N4O2S/c1-19-7-5-10-21(15-19)17-31-13-6-11-22(26(31)33)25(32)29-27-28-23-12-14-30(18-24(23)34-27)16-20-8-3-2-4-9-20/h2-11,13,15H,12,14,16-18H2,1H3,(H,28,29,32). The van der Waals surface area contributed by atoms with Crippen LogP contribution in [0.1, 0.15) is 37.6 Å². The Bertz CT molecular complexity index is 1380. The van der Waals surface area contributed by atoms with E-state index in [0.717, 1.165) is 42.9 Å². The summed E-state index contributed by atoms with van der Waals surface area (Å²) in [6, 6.07) is 21.7. The molecule has 4 aromatic rings. The van der Waals surface area contributed by atoms with E-state index in [9.17, 15) is 9.59 Å². The number of nitrogens with zero attached hydrogens (tertiary/aromatic N) is 3.